The maximum Gasteiger partial charge on any atom is 0.317 e. The maximum atomic E-state index is 14.0. The Balaban J connectivity index is 1.77. The summed E-state index contributed by atoms with van der Waals surface area (Å²) in [6.07, 6.45) is 3.86. The average molecular weight is 440 g/mol. The second kappa shape index (κ2) is 12.6. The molecule has 1 fully saturated rings. The summed E-state index contributed by atoms with van der Waals surface area (Å²) in [6, 6.07) is 5.91. The van der Waals surface area contributed by atoms with Crippen LogP contribution in [0.1, 0.15) is 26.7 Å². The van der Waals surface area contributed by atoms with Gasteiger partial charge in [0.1, 0.15) is 12.4 Å². The van der Waals surface area contributed by atoms with Crippen LogP contribution in [0.3, 0.4) is 0 Å². The van der Waals surface area contributed by atoms with E-state index in [-0.39, 0.29) is 5.82 Å². The maximum absolute atomic E-state index is 14.0. The van der Waals surface area contributed by atoms with Crippen LogP contribution in [0.4, 0.5) is 10.1 Å². The van der Waals surface area contributed by atoms with E-state index in [1.165, 1.54) is 18.0 Å². The minimum Gasteiger partial charge on any atom is -0.492 e. The van der Waals surface area contributed by atoms with Crippen molar-refractivity contribution in [1.82, 2.24) is 9.80 Å². The number of likely N-dealkylation sites (N-methyl/N-ethyl adjacent to an activating group) is 1. The van der Waals surface area contributed by atoms with Gasteiger partial charge in [-0.1, -0.05) is 31.0 Å². The van der Waals surface area contributed by atoms with Gasteiger partial charge in [0.05, 0.1) is 5.69 Å². The highest BCUT2D eigenvalue weighted by molar-refractivity contribution is 7.99. The van der Waals surface area contributed by atoms with Crippen molar-refractivity contribution in [3.63, 3.8) is 0 Å². The summed E-state index contributed by atoms with van der Waals surface area (Å²) >= 11 is 1.36. The van der Waals surface area contributed by atoms with Gasteiger partial charge in [0.2, 0.25) is 0 Å². The molecule has 0 amide bonds. The number of halogens is 1. The Morgan fingerprint density at radius 2 is 2.13 bits per heavy atom. The number of hydrogen-bond acceptors (Lipinski definition) is 7. The lowest BCUT2D eigenvalue weighted by Crippen LogP contribution is -2.46. The molecule has 0 aliphatic carbocycles. The second-order valence-electron chi connectivity index (χ2n) is 7.73. The lowest BCUT2D eigenvalue weighted by Gasteiger charge is -2.37. The Bertz CT molecular complexity index is 696. The van der Waals surface area contributed by atoms with Crippen LogP contribution in [0.25, 0.3) is 0 Å². The molecule has 1 N–H and O–H groups in total. The Hall–Kier alpha value is -2.00. The van der Waals surface area contributed by atoms with Gasteiger partial charge in [-0.3, -0.25) is 4.90 Å². The number of benzene rings is 1. The van der Waals surface area contributed by atoms with Crippen LogP contribution in [-0.4, -0.2) is 74.7 Å². The molecule has 1 heterocycles. The van der Waals surface area contributed by atoms with Crippen LogP contribution in [0, 0.1) is 11.7 Å². The fraction of sp³-hybridized carbons (Fsp3) is 0.619. The van der Waals surface area contributed by atoms with Crippen molar-refractivity contribution in [2.24, 2.45) is 16.1 Å². The number of amidine groups is 1. The minimum absolute atomic E-state index is 0.311. The fourth-order valence-electron chi connectivity index (χ4n) is 3.27. The van der Waals surface area contributed by atoms with Crippen LogP contribution in [-0.2, 0) is 4.84 Å². The van der Waals surface area contributed by atoms with Gasteiger partial charge in [0.15, 0.2) is 5.82 Å². The van der Waals surface area contributed by atoms with Crippen molar-refractivity contribution in [3.05, 3.63) is 24.0 Å². The normalized spacial score (nSPS) is 15.6. The zero-order chi connectivity index (χ0) is 21.9. The number of piperidine rings is 1. The second-order valence-corrected chi connectivity index (χ2v) is 8.34. The molecule has 0 bridgehead atoms. The van der Waals surface area contributed by atoms with E-state index in [1.807, 2.05) is 6.26 Å². The molecule has 2 rings (SSSR count). The molecule has 168 valence electrons. The van der Waals surface area contributed by atoms with E-state index in [0.717, 1.165) is 32.5 Å². The molecule has 30 heavy (non-hydrogen) atoms. The topological polar surface area (TPSA) is 61.7 Å². The third-order valence-corrected chi connectivity index (χ3v) is 5.39. The standard InChI is InChI=1S/C21H34FN5O2S/c1-16(2)15-24-21(29-23-3)27-10-8-17(9-11-27)26(4)12-13-28-18-6-7-20(25-30-5)19(22)14-18/h6-7,14,16-17,25H,3,8-13,15H2,1-2,4-5H3. The molecule has 7 nitrogen and oxygen atoms in total. The number of nitrogens with one attached hydrogen (secondary N) is 1. The molecule has 0 radical (unpaired) electrons. The number of aliphatic imine (C=N–C) groups is 1. The van der Waals surface area contributed by atoms with Gasteiger partial charge in [-0.05, 0) is 37.9 Å². The number of hydrogen-bond donors (Lipinski definition) is 1. The highest BCUT2D eigenvalue weighted by atomic mass is 32.2. The van der Waals surface area contributed by atoms with Gasteiger partial charge in [-0.25, -0.2) is 9.38 Å². The zero-order valence-corrected chi connectivity index (χ0v) is 19.3. The molecule has 0 spiro atoms. The largest absolute Gasteiger partial charge is 0.492 e. The van der Waals surface area contributed by atoms with Gasteiger partial charge in [0.25, 0.3) is 0 Å². The molecular weight excluding hydrogens is 405 g/mol. The van der Waals surface area contributed by atoms with E-state index in [9.17, 15) is 4.39 Å². The van der Waals surface area contributed by atoms with Crippen LogP contribution >= 0.6 is 11.9 Å². The first kappa shape index (κ1) is 24.3. The molecule has 1 aromatic rings. The predicted octanol–water partition coefficient (Wildman–Crippen LogP) is 3.93. The van der Waals surface area contributed by atoms with Crippen molar-refractivity contribution in [2.75, 3.05) is 50.8 Å². The molecule has 1 aromatic carbocycles. The van der Waals surface area contributed by atoms with E-state index in [2.05, 4.69) is 52.3 Å². The van der Waals surface area contributed by atoms with Crippen molar-refractivity contribution in [1.29, 1.82) is 0 Å². The van der Waals surface area contributed by atoms with Crippen LogP contribution < -0.4 is 9.46 Å². The molecule has 0 saturated carbocycles. The van der Waals surface area contributed by atoms with Crippen molar-refractivity contribution >= 4 is 30.4 Å². The molecule has 0 atom stereocenters. The van der Waals surface area contributed by atoms with Gasteiger partial charge in [-0.15, -0.1) is 0 Å². The van der Waals surface area contributed by atoms with Crippen LogP contribution in [0.15, 0.2) is 28.3 Å². The Morgan fingerprint density at radius 3 is 2.73 bits per heavy atom. The first-order chi connectivity index (χ1) is 14.4. The summed E-state index contributed by atoms with van der Waals surface area (Å²) in [4.78, 5) is 14.3. The molecular formula is C21H34FN5O2S. The van der Waals surface area contributed by atoms with Crippen molar-refractivity contribution < 1.29 is 14.0 Å². The summed E-state index contributed by atoms with van der Waals surface area (Å²) in [5.41, 5.74) is 0.464. The smallest absolute Gasteiger partial charge is 0.317 e. The molecule has 0 unspecified atom stereocenters. The quantitative estimate of drug-likeness (QED) is 0.258. The first-order valence-electron chi connectivity index (χ1n) is 10.3. The highest BCUT2D eigenvalue weighted by Crippen LogP contribution is 2.22. The van der Waals surface area contributed by atoms with Gasteiger partial charge in [0, 0.05) is 51.3 Å². The van der Waals surface area contributed by atoms with E-state index in [1.54, 1.807) is 12.1 Å². The van der Waals surface area contributed by atoms with Crippen LogP contribution in [0.5, 0.6) is 5.75 Å². The van der Waals surface area contributed by atoms with E-state index >= 15 is 0 Å². The van der Waals surface area contributed by atoms with E-state index < -0.39 is 0 Å². The monoisotopic (exact) mass is 439 g/mol. The molecule has 1 aliphatic heterocycles. The Labute approximate surface area is 183 Å². The summed E-state index contributed by atoms with van der Waals surface area (Å²) < 4.78 is 22.6. The van der Waals surface area contributed by atoms with Crippen molar-refractivity contribution in [3.8, 4) is 5.75 Å². The molecule has 1 saturated heterocycles. The number of nitrogens with zero attached hydrogens (tertiary/aromatic N) is 4. The number of ether oxygens (including phenoxy) is 1. The highest BCUT2D eigenvalue weighted by Gasteiger charge is 2.25. The number of oxime groups is 1. The third kappa shape index (κ3) is 7.68. The summed E-state index contributed by atoms with van der Waals surface area (Å²) in [5.74, 6) is 0.694. The Morgan fingerprint density at radius 1 is 1.40 bits per heavy atom. The summed E-state index contributed by atoms with van der Waals surface area (Å²) in [7, 11) is 2.10. The Kier molecular flexibility index (Phi) is 10.2. The van der Waals surface area contributed by atoms with Gasteiger partial charge < -0.3 is 19.2 Å². The number of likely N-dealkylation sites (tertiary alicyclic amines) is 1. The lowest BCUT2D eigenvalue weighted by molar-refractivity contribution is 0.127. The average Bonchev–Trinajstić information content (AvgIpc) is 2.73. The third-order valence-electron chi connectivity index (χ3n) is 4.96. The zero-order valence-electron chi connectivity index (χ0n) is 18.4. The fourth-order valence-corrected chi connectivity index (χ4v) is 3.66. The summed E-state index contributed by atoms with van der Waals surface area (Å²) in [6.45, 7) is 11.4. The predicted molar refractivity (Wildman–Crippen MR) is 124 cm³/mol. The molecule has 9 heteroatoms. The number of anilines is 1. The van der Waals surface area contributed by atoms with E-state index in [4.69, 9.17) is 9.57 Å². The van der Waals surface area contributed by atoms with E-state index in [0.29, 0.717) is 42.6 Å². The first-order valence-corrected chi connectivity index (χ1v) is 11.5. The van der Waals surface area contributed by atoms with Gasteiger partial charge in [-0.2, -0.15) is 0 Å². The molecule has 1 aliphatic rings. The minimum atomic E-state index is -0.311. The lowest BCUT2D eigenvalue weighted by atomic mass is 10.0. The van der Waals surface area contributed by atoms with Crippen LogP contribution in [0.2, 0.25) is 0 Å². The molecule has 0 aromatic heterocycles. The summed E-state index contributed by atoms with van der Waals surface area (Å²) in [5, 5.41) is 3.55. The SMILES string of the molecule is C=NOC(=NCC(C)C)N1CCC(N(C)CCOc2ccc(NSC)c(F)c2)CC1. The van der Waals surface area contributed by atoms with Crippen molar-refractivity contribution in [2.45, 2.75) is 32.7 Å². The number of rotatable bonds is 10. The van der Waals surface area contributed by atoms with Gasteiger partial charge >= 0.3 is 6.02 Å².